The molecule has 1 aromatic heterocycles. The number of carbonyl (C=O) groups is 1. The lowest BCUT2D eigenvalue weighted by atomic mass is 9.93. The van der Waals surface area contributed by atoms with E-state index in [0.29, 0.717) is 18.7 Å². The van der Waals surface area contributed by atoms with Crippen molar-refractivity contribution in [3.63, 3.8) is 0 Å². The average Bonchev–Trinajstić information content (AvgIpc) is 2.47. The van der Waals surface area contributed by atoms with Gasteiger partial charge in [-0.3, -0.25) is 8.98 Å². The Balaban J connectivity index is 1.90. The molecule has 8 nitrogen and oxygen atoms in total. The maximum absolute atomic E-state index is 11.5. The molecule has 0 unspecified atom stereocenters. The van der Waals surface area contributed by atoms with Gasteiger partial charge in [0, 0.05) is 19.3 Å². The summed E-state index contributed by atoms with van der Waals surface area (Å²) >= 11 is 0. The van der Waals surface area contributed by atoms with Crippen LogP contribution in [0.3, 0.4) is 0 Å². The molecule has 0 saturated heterocycles. The van der Waals surface area contributed by atoms with Gasteiger partial charge in [0.05, 0.1) is 12.4 Å². The van der Waals surface area contributed by atoms with Crippen molar-refractivity contribution in [3.8, 4) is 0 Å². The second-order valence-corrected chi connectivity index (χ2v) is 6.86. The van der Waals surface area contributed by atoms with Crippen LogP contribution >= 0.6 is 0 Å². The first-order valence-electron chi connectivity index (χ1n) is 7.07. The molecule has 1 aromatic rings. The Morgan fingerprint density at radius 2 is 2.00 bits per heavy atom. The summed E-state index contributed by atoms with van der Waals surface area (Å²) in [5.74, 6) is 0.358. The van der Waals surface area contributed by atoms with E-state index in [1.807, 2.05) is 0 Å². The van der Waals surface area contributed by atoms with E-state index in [4.69, 9.17) is 4.18 Å². The highest BCUT2D eigenvalue weighted by molar-refractivity contribution is 7.86. The van der Waals surface area contributed by atoms with Gasteiger partial charge in [0.2, 0.25) is 5.82 Å². The maximum atomic E-state index is 11.5. The number of hydrogen-bond acceptors (Lipinski definition) is 7. The number of carbonyl (C=O) groups excluding carboxylic acids is 1. The molecule has 122 valence electrons. The molecule has 0 atom stereocenters. The second kappa shape index (κ2) is 7.01. The Morgan fingerprint density at radius 1 is 1.32 bits per heavy atom. The predicted octanol–water partition coefficient (Wildman–Crippen LogP) is 0.535. The number of aromatic nitrogens is 2. The van der Waals surface area contributed by atoms with Gasteiger partial charge in [-0.25, -0.2) is 9.97 Å². The molecule has 1 saturated carbocycles. The van der Waals surface area contributed by atoms with E-state index >= 15 is 0 Å². The molecule has 0 bridgehead atoms. The Labute approximate surface area is 129 Å². The summed E-state index contributed by atoms with van der Waals surface area (Å²) in [7, 11) is -1.88. The topological polar surface area (TPSA) is 110 Å². The minimum atomic E-state index is -3.40. The van der Waals surface area contributed by atoms with Crippen molar-refractivity contribution in [1.29, 1.82) is 0 Å². The first kappa shape index (κ1) is 16.6. The van der Waals surface area contributed by atoms with E-state index in [9.17, 15) is 13.2 Å². The van der Waals surface area contributed by atoms with Crippen LogP contribution in [0.25, 0.3) is 0 Å². The van der Waals surface area contributed by atoms with E-state index in [2.05, 4.69) is 20.6 Å². The molecule has 22 heavy (non-hydrogen) atoms. The molecule has 1 fully saturated rings. The number of nitrogens with zero attached hydrogens (tertiary/aromatic N) is 2. The van der Waals surface area contributed by atoms with Gasteiger partial charge in [-0.1, -0.05) is 0 Å². The van der Waals surface area contributed by atoms with Crippen molar-refractivity contribution < 1.29 is 17.4 Å². The number of hydrogen-bond donors (Lipinski definition) is 2. The summed E-state index contributed by atoms with van der Waals surface area (Å²) < 4.78 is 27.2. The van der Waals surface area contributed by atoms with Crippen molar-refractivity contribution in [2.75, 3.05) is 18.6 Å². The van der Waals surface area contributed by atoms with Gasteiger partial charge in [0.1, 0.15) is 5.82 Å². The largest absolute Gasteiger partial charge is 0.367 e. The van der Waals surface area contributed by atoms with Gasteiger partial charge in [-0.15, -0.1) is 0 Å². The lowest BCUT2D eigenvalue weighted by Crippen LogP contribution is -2.31. The highest BCUT2D eigenvalue weighted by atomic mass is 32.2. The van der Waals surface area contributed by atoms with Crippen LogP contribution in [0.1, 0.15) is 36.3 Å². The third kappa shape index (κ3) is 4.92. The summed E-state index contributed by atoms with van der Waals surface area (Å²) in [6.45, 7) is 0. The Hall–Kier alpha value is -1.74. The number of nitrogens with one attached hydrogen (secondary N) is 2. The standard InChI is InChI=1S/C13H20N4O4S/c1-14-13(18)12-15-8-7-11(17-12)16-9-3-5-10(6-4-9)21-22(2,19)20/h7-10H,3-6H2,1-2H3,(H,14,18)(H,15,16,17). The van der Waals surface area contributed by atoms with Crippen molar-refractivity contribution >= 4 is 21.8 Å². The molecule has 1 amide bonds. The van der Waals surface area contributed by atoms with Crippen LogP contribution in [-0.2, 0) is 14.3 Å². The molecule has 0 aliphatic heterocycles. The first-order valence-corrected chi connectivity index (χ1v) is 8.89. The van der Waals surface area contributed by atoms with Crippen LogP contribution in [0, 0.1) is 0 Å². The summed E-state index contributed by atoms with van der Waals surface area (Å²) in [5.41, 5.74) is 0. The number of anilines is 1. The summed E-state index contributed by atoms with van der Waals surface area (Å²) in [5, 5.41) is 5.72. The zero-order valence-electron chi connectivity index (χ0n) is 12.6. The molecule has 1 aliphatic carbocycles. The Morgan fingerprint density at radius 3 is 2.59 bits per heavy atom. The average molecular weight is 328 g/mol. The smallest absolute Gasteiger partial charge is 0.288 e. The van der Waals surface area contributed by atoms with E-state index in [1.54, 1.807) is 6.07 Å². The molecule has 2 rings (SSSR count). The van der Waals surface area contributed by atoms with E-state index in [-0.39, 0.29) is 23.9 Å². The predicted molar refractivity (Wildman–Crippen MR) is 81.0 cm³/mol. The summed E-state index contributed by atoms with van der Waals surface area (Å²) in [6, 6.07) is 1.87. The van der Waals surface area contributed by atoms with Crippen LogP contribution in [0.15, 0.2) is 12.3 Å². The van der Waals surface area contributed by atoms with Gasteiger partial charge >= 0.3 is 0 Å². The monoisotopic (exact) mass is 328 g/mol. The van der Waals surface area contributed by atoms with Gasteiger partial charge in [-0.2, -0.15) is 8.42 Å². The van der Waals surface area contributed by atoms with Crippen LogP contribution in [0.5, 0.6) is 0 Å². The van der Waals surface area contributed by atoms with Crippen LogP contribution in [0.4, 0.5) is 5.82 Å². The van der Waals surface area contributed by atoms with Gasteiger partial charge < -0.3 is 10.6 Å². The normalized spacial score (nSPS) is 22.1. The Kier molecular flexibility index (Phi) is 5.30. The fraction of sp³-hybridized carbons (Fsp3) is 0.615. The van der Waals surface area contributed by atoms with Crippen LogP contribution < -0.4 is 10.6 Å². The van der Waals surface area contributed by atoms with Crippen LogP contribution in [-0.4, -0.2) is 49.7 Å². The van der Waals surface area contributed by atoms with Gasteiger partial charge in [0.15, 0.2) is 0 Å². The Bertz CT molecular complexity index is 627. The molecule has 0 radical (unpaired) electrons. The highest BCUT2D eigenvalue weighted by Gasteiger charge is 2.24. The summed E-state index contributed by atoms with van der Waals surface area (Å²) in [4.78, 5) is 19.6. The first-order chi connectivity index (χ1) is 10.4. The van der Waals surface area contributed by atoms with E-state index in [1.165, 1.54) is 13.2 Å². The quantitative estimate of drug-likeness (QED) is 0.759. The molecule has 2 N–H and O–H groups in total. The number of amides is 1. The lowest BCUT2D eigenvalue weighted by molar-refractivity contribution is 0.0953. The third-order valence-corrected chi connectivity index (χ3v) is 4.04. The minimum Gasteiger partial charge on any atom is -0.367 e. The van der Waals surface area contributed by atoms with Crippen molar-refractivity contribution in [3.05, 3.63) is 18.1 Å². The maximum Gasteiger partial charge on any atom is 0.288 e. The zero-order chi connectivity index (χ0) is 16.2. The SMILES string of the molecule is CNC(=O)c1nccc(NC2CCC(OS(C)(=O)=O)CC2)n1. The zero-order valence-corrected chi connectivity index (χ0v) is 13.4. The minimum absolute atomic E-state index is 0.113. The molecule has 0 spiro atoms. The molecule has 1 heterocycles. The fourth-order valence-electron chi connectivity index (χ4n) is 2.42. The fourth-order valence-corrected chi connectivity index (χ4v) is 3.11. The van der Waals surface area contributed by atoms with E-state index < -0.39 is 10.1 Å². The van der Waals surface area contributed by atoms with Crippen LogP contribution in [0.2, 0.25) is 0 Å². The van der Waals surface area contributed by atoms with Gasteiger partial charge in [-0.05, 0) is 31.7 Å². The third-order valence-electron chi connectivity index (χ3n) is 3.42. The van der Waals surface area contributed by atoms with Gasteiger partial charge in [0.25, 0.3) is 16.0 Å². The van der Waals surface area contributed by atoms with E-state index in [0.717, 1.165) is 19.1 Å². The number of rotatable bonds is 5. The molecule has 1 aliphatic rings. The lowest BCUT2D eigenvalue weighted by Gasteiger charge is -2.28. The molecular weight excluding hydrogens is 308 g/mol. The van der Waals surface area contributed by atoms with Crippen molar-refractivity contribution in [1.82, 2.24) is 15.3 Å². The second-order valence-electron chi connectivity index (χ2n) is 5.26. The molecule has 9 heteroatoms. The summed E-state index contributed by atoms with van der Waals surface area (Å²) in [6.07, 6.45) is 5.23. The molecular formula is C13H20N4O4S. The van der Waals surface area contributed by atoms with Crippen molar-refractivity contribution in [2.45, 2.75) is 37.8 Å². The highest BCUT2D eigenvalue weighted by Crippen LogP contribution is 2.24. The van der Waals surface area contributed by atoms with Crippen molar-refractivity contribution in [2.24, 2.45) is 0 Å². The molecule has 0 aromatic carbocycles.